The number of piperidine rings is 1. The second kappa shape index (κ2) is 9.15. The second-order valence-corrected chi connectivity index (χ2v) is 6.88. The van der Waals surface area contributed by atoms with Gasteiger partial charge in [-0.05, 0) is 56.1 Å². The molecule has 1 aliphatic heterocycles. The fraction of sp³-hybridized carbons (Fsp3) is 0.429. The number of hydrogen-bond acceptors (Lipinski definition) is 4. The Morgan fingerprint density at radius 1 is 1.19 bits per heavy atom. The molecule has 0 saturated carbocycles. The summed E-state index contributed by atoms with van der Waals surface area (Å²) in [7, 11) is 0. The first-order valence-corrected chi connectivity index (χ1v) is 9.38. The Hall–Kier alpha value is -2.18. The van der Waals surface area contributed by atoms with Gasteiger partial charge >= 0.3 is 0 Å². The lowest BCUT2D eigenvalue weighted by Crippen LogP contribution is -2.41. The van der Waals surface area contributed by atoms with Crippen LogP contribution in [0.4, 0.5) is 14.5 Å². The molecule has 2 aromatic carbocycles. The number of hydrogen-bond donors (Lipinski definition) is 2. The van der Waals surface area contributed by atoms with Crippen molar-refractivity contribution >= 4 is 5.69 Å². The summed E-state index contributed by atoms with van der Waals surface area (Å²) in [4.78, 5) is 2.33. The van der Waals surface area contributed by atoms with E-state index in [9.17, 15) is 13.9 Å². The Morgan fingerprint density at radius 3 is 2.78 bits per heavy atom. The van der Waals surface area contributed by atoms with Crippen LogP contribution in [0.2, 0.25) is 0 Å². The minimum atomic E-state index is -0.835. The van der Waals surface area contributed by atoms with Crippen LogP contribution in [-0.2, 0) is 13.2 Å². The molecule has 27 heavy (non-hydrogen) atoms. The third kappa shape index (κ3) is 5.17. The lowest BCUT2D eigenvalue weighted by atomic mass is 10.0. The summed E-state index contributed by atoms with van der Waals surface area (Å²) in [5, 5.41) is 12.9. The summed E-state index contributed by atoms with van der Waals surface area (Å²) >= 11 is 0. The lowest BCUT2D eigenvalue weighted by molar-refractivity contribution is 0.208. The molecule has 0 aliphatic carbocycles. The molecule has 1 atom stereocenters. The molecule has 4 nitrogen and oxygen atoms in total. The van der Waals surface area contributed by atoms with E-state index in [1.165, 1.54) is 6.07 Å². The molecule has 1 fully saturated rings. The van der Waals surface area contributed by atoms with Gasteiger partial charge < -0.3 is 15.2 Å². The van der Waals surface area contributed by atoms with E-state index in [1.807, 2.05) is 25.1 Å². The van der Waals surface area contributed by atoms with E-state index in [2.05, 4.69) is 10.2 Å². The third-order valence-corrected chi connectivity index (χ3v) is 4.80. The van der Waals surface area contributed by atoms with Crippen LogP contribution >= 0.6 is 0 Å². The fourth-order valence-corrected chi connectivity index (χ4v) is 3.55. The lowest BCUT2D eigenvalue weighted by Gasteiger charge is -2.33. The van der Waals surface area contributed by atoms with Crippen molar-refractivity contribution in [2.75, 3.05) is 25.0 Å². The Labute approximate surface area is 158 Å². The number of benzene rings is 2. The molecule has 0 spiro atoms. The summed E-state index contributed by atoms with van der Waals surface area (Å²) in [5.41, 5.74) is 2.52. The van der Waals surface area contributed by atoms with Gasteiger partial charge in [0, 0.05) is 36.4 Å². The predicted molar refractivity (Wildman–Crippen MR) is 102 cm³/mol. The van der Waals surface area contributed by atoms with Crippen LogP contribution in [0.3, 0.4) is 0 Å². The number of anilines is 1. The number of aliphatic hydroxyl groups excluding tert-OH is 1. The van der Waals surface area contributed by atoms with Gasteiger partial charge in [0.15, 0.2) is 11.6 Å². The minimum Gasteiger partial charge on any atom is -0.494 e. The molecular weight excluding hydrogens is 350 g/mol. The highest BCUT2D eigenvalue weighted by atomic mass is 19.2. The molecule has 2 N–H and O–H groups in total. The highest BCUT2D eigenvalue weighted by Crippen LogP contribution is 2.23. The quantitative estimate of drug-likeness (QED) is 0.769. The summed E-state index contributed by atoms with van der Waals surface area (Å²) < 4.78 is 32.0. The van der Waals surface area contributed by atoms with Crippen molar-refractivity contribution in [3.05, 3.63) is 59.2 Å². The molecule has 0 aromatic heterocycles. The van der Waals surface area contributed by atoms with Gasteiger partial charge in [0.1, 0.15) is 5.75 Å². The predicted octanol–water partition coefficient (Wildman–Crippen LogP) is 3.93. The first-order valence-electron chi connectivity index (χ1n) is 9.38. The van der Waals surface area contributed by atoms with E-state index in [1.54, 1.807) is 6.07 Å². The van der Waals surface area contributed by atoms with Gasteiger partial charge in [-0.25, -0.2) is 8.78 Å². The molecule has 0 unspecified atom stereocenters. The molecule has 0 amide bonds. The molecule has 1 saturated heterocycles. The fourth-order valence-electron chi connectivity index (χ4n) is 3.55. The number of nitrogens with zero attached hydrogens (tertiary/aromatic N) is 1. The molecule has 6 heteroatoms. The van der Waals surface area contributed by atoms with Gasteiger partial charge in [0.25, 0.3) is 0 Å². The summed E-state index contributed by atoms with van der Waals surface area (Å²) in [6.07, 6.45) is 2.02. The average molecular weight is 376 g/mol. The maximum absolute atomic E-state index is 13.4. The Balaban J connectivity index is 1.61. The van der Waals surface area contributed by atoms with Crippen molar-refractivity contribution in [3.8, 4) is 5.75 Å². The first kappa shape index (κ1) is 19.6. The van der Waals surface area contributed by atoms with Crippen molar-refractivity contribution in [2.45, 2.75) is 39.0 Å². The highest BCUT2D eigenvalue weighted by Gasteiger charge is 2.20. The van der Waals surface area contributed by atoms with Gasteiger partial charge in [-0.15, -0.1) is 0 Å². The molecule has 1 heterocycles. The van der Waals surface area contributed by atoms with E-state index < -0.39 is 11.6 Å². The van der Waals surface area contributed by atoms with Gasteiger partial charge in [-0.2, -0.15) is 0 Å². The van der Waals surface area contributed by atoms with Crippen LogP contribution in [0, 0.1) is 11.6 Å². The molecule has 2 aromatic rings. The normalized spacial score (nSPS) is 17.7. The number of likely N-dealkylation sites (tertiary alicyclic amines) is 1. The van der Waals surface area contributed by atoms with E-state index in [0.717, 1.165) is 55.4 Å². The van der Waals surface area contributed by atoms with Crippen LogP contribution in [-0.4, -0.2) is 35.7 Å². The molecule has 0 bridgehead atoms. The zero-order valence-corrected chi connectivity index (χ0v) is 15.5. The summed E-state index contributed by atoms with van der Waals surface area (Å²) in [6, 6.07) is 10.0. The standard InChI is InChI=1S/C21H26F2N2O2/c1-2-27-21-8-5-15(10-16(21)14-26)12-25-9-3-4-18(13-25)24-17-6-7-19(22)20(23)11-17/h5-8,10-11,18,24,26H,2-4,9,12-14H2,1H3/t18-/m0/s1. The minimum absolute atomic E-state index is 0.0521. The zero-order chi connectivity index (χ0) is 19.2. The van der Waals surface area contributed by atoms with Crippen molar-refractivity contribution in [2.24, 2.45) is 0 Å². The molecule has 1 aliphatic rings. The molecule has 3 rings (SSSR count). The maximum Gasteiger partial charge on any atom is 0.160 e. The van der Waals surface area contributed by atoms with Crippen LogP contribution in [0.15, 0.2) is 36.4 Å². The maximum atomic E-state index is 13.4. The number of rotatable bonds is 7. The first-order chi connectivity index (χ1) is 13.1. The molecule has 0 radical (unpaired) electrons. The Morgan fingerprint density at radius 2 is 2.04 bits per heavy atom. The van der Waals surface area contributed by atoms with Gasteiger partial charge in [0.2, 0.25) is 0 Å². The van der Waals surface area contributed by atoms with E-state index >= 15 is 0 Å². The van der Waals surface area contributed by atoms with E-state index in [0.29, 0.717) is 12.3 Å². The summed E-state index contributed by atoms with van der Waals surface area (Å²) in [5.74, 6) is -0.945. The number of ether oxygens (including phenoxy) is 1. The van der Waals surface area contributed by atoms with Crippen molar-refractivity contribution in [3.63, 3.8) is 0 Å². The van der Waals surface area contributed by atoms with Crippen molar-refractivity contribution < 1.29 is 18.6 Å². The highest BCUT2D eigenvalue weighted by molar-refractivity contribution is 5.44. The van der Waals surface area contributed by atoms with Crippen LogP contribution < -0.4 is 10.1 Å². The average Bonchev–Trinajstić information content (AvgIpc) is 2.66. The van der Waals surface area contributed by atoms with Gasteiger partial charge in [-0.1, -0.05) is 6.07 Å². The van der Waals surface area contributed by atoms with Crippen molar-refractivity contribution in [1.29, 1.82) is 0 Å². The van der Waals surface area contributed by atoms with Gasteiger partial charge in [-0.3, -0.25) is 4.90 Å². The largest absolute Gasteiger partial charge is 0.494 e. The Bertz CT molecular complexity index is 770. The topological polar surface area (TPSA) is 44.7 Å². The van der Waals surface area contributed by atoms with Gasteiger partial charge in [0.05, 0.1) is 13.2 Å². The van der Waals surface area contributed by atoms with E-state index in [4.69, 9.17) is 4.74 Å². The number of halogens is 2. The zero-order valence-electron chi connectivity index (χ0n) is 15.5. The van der Waals surface area contributed by atoms with Crippen LogP contribution in [0.25, 0.3) is 0 Å². The SMILES string of the molecule is CCOc1ccc(CN2CCC[C@H](Nc3ccc(F)c(F)c3)C2)cc1CO. The third-order valence-electron chi connectivity index (χ3n) is 4.80. The molecule has 146 valence electrons. The van der Waals surface area contributed by atoms with Crippen molar-refractivity contribution in [1.82, 2.24) is 4.90 Å². The number of nitrogens with one attached hydrogen (secondary N) is 1. The van der Waals surface area contributed by atoms with E-state index in [-0.39, 0.29) is 12.6 Å². The second-order valence-electron chi connectivity index (χ2n) is 6.88. The summed E-state index contributed by atoms with van der Waals surface area (Å²) in [6.45, 7) is 5.01. The number of aliphatic hydroxyl groups is 1. The monoisotopic (exact) mass is 376 g/mol. The smallest absolute Gasteiger partial charge is 0.160 e. The van der Waals surface area contributed by atoms with Crippen LogP contribution in [0.1, 0.15) is 30.9 Å². The van der Waals surface area contributed by atoms with Crippen LogP contribution in [0.5, 0.6) is 5.75 Å². The Kier molecular flexibility index (Phi) is 6.63. The molecular formula is C21H26F2N2O2.